The Morgan fingerprint density at radius 3 is 2.50 bits per heavy atom. The van der Waals surface area contributed by atoms with Gasteiger partial charge in [-0.2, -0.15) is 0 Å². The molecule has 0 fully saturated rings. The molecule has 0 aliphatic rings. The lowest BCUT2D eigenvalue weighted by Crippen LogP contribution is -2.12. The first kappa shape index (κ1) is 13.5. The fourth-order valence-corrected chi connectivity index (χ4v) is 1.66. The number of carbonyl (C=O) groups is 3. The number of benzene rings is 1. The Kier molecular flexibility index (Phi) is 3.65. The van der Waals surface area contributed by atoms with E-state index in [2.05, 4.69) is 10.3 Å². The Morgan fingerprint density at radius 2 is 1.90 bits per heavy atom. The van der Waals surface area contributed by atoms with Crippen molar-refractivity contribution in [1.29, 1.82) is 0 Å². The molecule has 0 radical (unpaired) electrons. The second kappa shape index (κ2) is 5.40. The average molecular weight is 272 g/mol. The molecule has 2 aromatic rings. The Balaban J connectivity index is 2.16. The molecule has 0 atom stereocenters. The van der Waals surface area contributed by atoms with Crippen molar-refractivity contribution in [1.82, 2.24) is 4.98 Å². The van der Waals surface area contributed by atoms with Crippen LogP contribution in [-0.2, 0) is 0 Å². The van der Waals surface area contributed by atoms with Gasteiger partial charge in [0, 0.05) is 17.4 Å². The molecule has 102 valence electrons. The molecule has 6 heteroatoms. The molecule has 0 spiro atoms. The molecule has 3 N–H and O–H groups in total. The van der Waals surface area contributed by atoms with E-state index < -0.39 is 11.9 Å². The van der Waals surface area contributed by atoms with E-state index in [4.69, 9.17) is 5.11 Å². The van der Waals surface area contributed by atoms with Crippen molar-refractivity contribution in [3.05, 3.63) is 53.3 Å². The number of carbonyl (C=O) groups excluding carboxylic acids is 2. The molecular formula is C14H12N2O4. The molecule has 2 rings (SSSR count). The number of carboxylic acids is 1. The summed E-state index contributed by atoms with van der Waals surface area (Å²) in [5.74, 6) is -1.66. The van der Waals surface area contributed by atoms with Crippen molar-refractivity contribution in [2.75, 3.05) is 5.32 Å². The van der Waals surface area contributed by atoms with E-state index >= 15 is 0 Å². The van der Waals surface area contributed by atoms with Crippen LogP contribution >= 0.6 is 0 Å². The lowest BCUT2D eigenvalue weighted by molar-refractivity contribution is 0.0696. The third-order valence-electron chi connectivity index (χ3n) is 2.70. The second-order valence-electron chi connectivity index (χ2n) is 4.20. The standard InChI is InChI=1S/C14H12N2O4/c1-8(17)10-6-12(15-7-10)13(18)16-11-4-2-3-9(5-11)14(19)20/h2-7,15H,1H3,(H,16,18)(H,19,20). The van der Waals surface area contributed by atoms with Crippen LogP contribution in [0, 0.1) is 0 Å². The summed E-state index contributed by atoms with van der Waals surface area (Å²) in [6, 6.07) is 7.35. The van der Waals surface area contributed by atoms with Gasteiger partial charge >= 0.3 is 5.97 Å². The smallest absolute Gasteiger partial charge is 0.335 e. The van der Waals surface area contributed by atoms with Gasteiger partial charge in [0.1, 0.15) is 5.69 Å². The molecule has 0 unspecified atom stereocenters. The Labute approximate surface area is 114 Å². The minimum atomic E-state index is -1.07. The van der Waals surface area contributed by atoms with Gasteiger partial charge in [-0.15, -0.1) is 0 Å². The van der Waals surface area contributed by atoms with Gasteiger partial charge < -0.3 is 15.4 Å². The highest BCUT2D eigenvalue weighted by atomic mass is 16.4. The minimum absolute atomic E-state index is 0.0821. The van der Waals surface area contributed by atoms with Crippen molar-refractivity contribution < 1.29 is 19.5 Å². The molecule has 1 heterocycles. The molecule has 20 heavy (non-hydrogen) atoms. The number of nitrogens with one attached hydrogen (secondary N) is 2. The number of Topliss-reactive ketones (excluding diaryl/α,β-unsaturated/α-hetero) is 1. The maximum Gasteiger partial charge on any atom is 0.335 e. The van der Waals surface area contributed by atoms with Crippen LogP contribution in [0.15, 0.2) is 36.5 Å². The number of H-pyrrole nitrogens is 1. The molecule has 0 bridgehead atoms. The molecule has 0 saturated heterocycles. The van der Waals surface area contributed by atoms with Gasteiger partial charge in [-0.25, -0.2) is 4.79 Å². The van der Waals surface area contributed by atoms with Crippen LogP contribution in [0.5, 0.6) is 0 Å². The molecule has 6 nitrogen and oxygen atoms in total. The van der Waals surface area contributed by atoms with E-state index in [0.29, 0.717) is 11.3 Å². The van der Waals surface area contributed by atoms with Crippen molar-refractivity contribution in [3.8, 4) is 0 Å². The Morgan fingerprint density at radius 1 is 1.15 bits per heavy atom. The first-order valence-corrected chi connectivity index (χ1v) is 5.81. The molecule has 1 amide bonds. The molecule has 0 aliphatic carbocycles. The van der Waals surface area contributed by atoms with E-state index in [1.54, 1.807) is 6.07 Å². The van der Waals surface area contributed by atoms with Crippen molar-refractivity contribution in [2.24, 2.45) is 0 Å². The maximum absolute atomic E-state index is 11.9. The number of hydrogen-bond donors (Lipinski definition) is 3. The van der Waals surface area contributed by atoms with Gasteiger partial charge in [0.05, 0.1) is 5.56 Å². The minimum Gasteiger partial charge on any atom is -0.478 e. The van der Waals surface area contributed by atoms with E-state index in [1.165, 1.54) is 37.4 Å². The predicted molar refractivity (Wildman–Crippen MR) is 72.2 cm³/mol. The fraction of sp³-hybridized carbons (Fsp3) is 0.0714. The third-order valence-corrected chi connectivity index (χ3v) is 2.70. The summed E-state index contributed by atoms with van der Waals surface area (Å²) in [5, 5.41) is 11.4. The summed E-state index contributed by atoms with van der Waals surface area (Å²) in [6.07, 6.45) is 1.45. The van der Waals surface area contributed by atoms with Crippen LogP contribution in [0.1, 0.15) is 38.1 Å². The number of aromatic carboxylic acids is 1. The SMILES string of the molecule is CC(=O)c1c[nH]c(C(=O)Nc2cccc(C(=O)O)c2)c1. The Bertz CT molecular complexity index is 688. The number of carboxylic acid groups (broad SMARTS) is 1. The number of anilines is 1. The summed E-state index contributed by atoms with van der Waals surface area (Å²) in [5.41, 5.74) is 1.10. The monoisotopic (exact) mass is 272 g/mol. The van der Waals surface area contributed by atoms with Gasteiger partial charge in [0.25, 0.3) is 5.91 Å². The molecule has 1 aromatic carbocycles. The van der Waals surface area contributed by atoms with Crippen molar-refractivity contribution >= 4 is 23.3 Å². The summed E-state index contributed by atoms with van der Waals surface area (Å²) < 4.78 is 0. The van der Waals surface area contributed by atoms with Gasteiger partial charge in [0.15, 0.2) is 5.78 Å². The number of rotatable bonds is 4. The van der Waals surface area contributed by atoms with E-state index in [0.717, 1.165) is 0 Å². The molecule has 0 saturated carbocycles. The fourth-order valence-electron chi connectivity index (χ4n) is 1.66. The van der Waals surface area contributed by atoms with Gasteiger partial charge in [0.2, 0.25) is 0 Å². The number of amides is 1. The zero-order chi connectivity index (χ0) is 14.7. The number of aromatic nitrogens is 1. The lowest BCUT2D eigenvalue weighted by atomic mass is 10.2. The van der Waals surface area contributed by atoms with E-state index in [1.807, 2.05) is 0 Å². The highest BCUT2D eigenvalue weighted by Crippen LogP contribution is 2.13. The topological polar surface area (TPSA) is 99.3 Å². The van der Waals surface area contributed by atoms with Crippen LogP contribution in [0.4, 0.5) is 5.69 Å². The summed E-state index contributed by atoms with van der Waals surface area (Å²) in [4.78, 5) is 36.6. The lowest BCUT2D eigenvalue weighted by Gasteiger charge is -2.04. The van der Waals surface area contributed by atoms with Crippen molar-refractivity contribution in [3.63, 3.8) is 0 Å². The van der Waals surface area contributed by atoms with Crippen molar-refractivity contribution in [2.45, 2.75) is 6.92 Å². The maximum atomic E-state index is 11.9. The highest BCUT2D eigenvalue weighted by Gasteiger charge is 2.11. The molecule has 0 aliphatic heterocycles. The normalized spacial score (nSPS) is 10.1. The van der Waals surface area contributed by atoms with Gasteiger partial charge in [-0.3, -0.25) is 9.59 Å². The van der Waals surface area contributed by atoms with Crippen LogP contribution in [0.3, 0.4) is 0 Å². The summed E-state index contributed by atoms with van der Waals surface area (Å²) in [7, 11) is 0. The number of aromatic amines is 1. The number of hydrogen-bond acceptors (Lipinski definition) is 3. The third kappa shape index (κ3) is 2.92. The van der Waals surface area contributed by atoms with Gasteiger partial charge in [-0.1, -0.05) is 6.07 Å². The molecular weight excluding hydrogens is 260 g/mol. The van der Waals surface area contributed by atoms with E-state index in [9.17, 15) is 14.4 Å². The zero-order valence-corrected chi connectivity index (χ0v) is 10.6. The number of ketones is 1. The second-order valence-corrected chi connectivity index (χ2v) is 4.20. The molecule has 1 aromatic heterocycles. The summed E-state index contributed by atoms with van der Waals surface area (Å²) in [6.45, 7) is 1.40. The zero-order valence-electron chi connectivity index (χ0n) is 10.6. The largest absolute Gasteiger partial charge is 0.478 e. The average Bonchev–Trinajstić information content (AvgIpc) is 2.88. The highest BCUT2D eigenvalue weighted by molar-refractivity contribution is 6.05. The van der Waals surface area contributed by atoms with Gasteiger partial charge in [-0.05, 0) is 31.2 Å². The quantitative estimate of drug-likeness (QED) is 0.742. The first-order valence-electron chi connectivity index (χ1n) is 5.81. The van der Waals surface area contributed by atoms with Crippen LogP contribution in [-0.4, -0.2) is 27.8 Å². The first-order chi connectivity index (χ1) is 9.47. The summed E-state index contributed by atoms with van der Waals surface area (Å²) >= 11 is 0. The van der Waals surface area contributed by atoms with Crippen LogP contribution in [0.2, 0.25) is 0 Å². The predicted octanol–water partition coefficient (Wildman–Crippen LogP) is 2.17. The Hall–Kier alpha value is -2.89. The van der Waals surface area contributed by atoms with Crippen LogP contribution in [0.25, 0.3) is 0 Å². The van der Waals surface area contributed by atoms with E-state index in [-0.39, 0.29) is 17.0 Å². The van der Waals surface area contributed by atoms with Crippen LogP contribution < -0.4 is 5.32 Å².